The van der Waals surface area contributed by atoms with Gasteiger partial charge in [0.1, 0.15) is 17.3 Å². The summed E-state index contributed by atoms with van der Waals surface area (Å²) in [6.07, 6.45) is 2.12. The monoisotopic (exact) mass is 373 g/mol. The smallest absolute Gasteiger partial charge is 0.270 e. The van der Waals surface area contributed by atoms with Crippen LogP contribution >= 0.6 is 0 Å². The highest BCUT2D eigenvalue weighted by atomic mass is 16.5. The van der Waals surface area contributed by atoms with Gasteiger partial charge in [-0.05, 0) is 42.7 Å². The number of allylic oxidation sites excluding steroid dienone is 2. The number of anilines is 1. The Morgan fingerprint density at radius 3 is 2.57 bits per heavy atom. The normalized spacial score (nSPS) is 18.3. The maximum absolute atomic E-state index is 12.8. The van der Waals surface area contributed by atoms with Gasteiger partial charge in [-0.3, -0.25) is 19.8 Å². The van der Waals surface area contributed by atoms with Crippen molar-refractivity contribution in [1.82, 2.24) is 10.2 Å². The average Bonchev–Trinajstić information content (AvgIpc) is 3.08. The molecule has 1 aliphatic heterocycles. The highest BCUT2D eigenvalue weighted by Crippen LogP contribution is 2.43. The number of ether oxygens (including phenoxy) is 1. The molecular formula is C22H19N3O3. The molecule has 1 unspecified atom stereocenters. The zero-order valence-electron chi connectivity index (χ0n) is 15.1. The van der Waals surface area contributed by atoms with Crippen LogP contribution in [0.2, 0.25) is 0 Å². The highest BCUT2D eigenvalue weighted by Gasteiger charge is 2.37. The molecule has 1 aliphatic carbocycles. The number of fused-ring (bicyclic) bond motifs is 1. The van der Waals surface area contributed by atoms with Crippen LogP contribution in [0.4, 0.5) is 5.82 Å². The summed E-state index contributed by atoms with van der Waals surface area (Å²) < 4.78 is 5.96. The largest absolute Gasteiger partial charge is 0.457 e. The van der Waals surface area contributed by atoms with E-state index in [9.17, 15) is 9.59 Å². The molecule has 0 radical (unpaired) electrons. The van der Waals surface area contributed by atoms with E-state index in [1.54, 1.807) is 0 Å². The number of carbonyl (C=O) groups is 1. The zero-order chi connectivity index (χ0) is 19.1. The van der Waals surface area contributed by atoms with Crippen molar-refractivity contribution < 1.29 is 9.53 Å². The van der Waals surface area contributed by atoms with Gasteiger partial charge >= 0.3 is 0 Å². The van der Waals surface area contributed by atoms with Crippen LogP contribution < -0.4 is 15.6 Å². The van der Waals surface area contributed by atoms with E-state index in [1.165, 1.54) is 0 Å². The number of para-hydroxylation sites is 1. The van der Waals surface area contributed by atoms with Crippen LogP contribution in [0.3, 0.4) is 0 Å². The quantitative estimate of drug-likeness (QED) is 0.646. The lowest BCUT2D eigenvalue weighted by Gasteiger charge is -2.31. The van der Waals surface area contributed by atoms with Crippen molar-refractivity contribution in [2.75, 3.05) is 5.32 Å². The maximum atomic E-state index is 12.8. The third-order valence-electron chi connectivity index (χ3n) is 5.29. The summed E-state index contributed by atoms with van der Waals surface area (Å²) in [6.45, 7) is 0. The van der Waals surface area contributed by atoms with Crippen molar-refractivity contribution >= 4 is 11.6 Å². The first-order valence-electron chi connectivity index (χ1n) is 9.37. The number of Topliss-reactive ketones (excluding diaryl/α,β-unsaturated/α-hetero) is 1. The molecule has 3 aromatic rings. The third-order valence-corrected chi connectivity index (χ3v) is 5.29. The lowest BCUT2D eigenvalue weighted by molar-refractivity contribution is -0.116. The molecule has 0 fully saturated rings. The zero-order valence-corrected chi connectivity index (χ0v) is 15.1. The van der Waals surface area contributed by atoms with Crippen molar-refractivity contribution in [3.05, 3.63) is 87.3 Å². The molecule has 0 bridgehead atoms. The SMILES string of the molecule is O=C1CCCC2=C1C(c1cccc(Oc3ccccc3)c1)c1c([nH][nH]c1=O)N2. The Morgan fingerprint density at radius 2 is 1.71 bits per heavy atom. The van der Waals surface area contributed by atoms with Crippen molar-refractivity contribution in [3.63, 3.8) is 0 Å². The fraction of sp³-hybridized carbons (Fsp3) is 0.182. The molecule has 3 N–H and O–H groups in total. The first-order valence-corrected chi connectivity index (χ1v) is 9.37. The predicted molar refractivity (Wildman–Crippen MR) is 106 cm³/mol. The fourth-order valence-corrected chi connectivity index (χ4v) is 4.08. The first-order chi connectivity index (χ1) is 13.7. The molecule has 1 aromatic heterocycles. The van der Waals surface area contributed by atoms with Crippen LogP contribution in [0, 0.1) is 0 Å². The maximum Gasteiger partial charge on any atom is 0.270 e. The molecule has 0 amide bonds. The summed E-state index contributed by atoms with van der Waals surface area (Å²) in [7, 11) is 0. The minimum absolute atomic E-state index is 0.0966. The Bertz CT molecular complexity index is 1140. The van der Waals surface area contributed by atoms with Crippen LogP contribution in [0.15, 0.2) is 70.7 Å². The summed E-state index contributed by atoms with van der Waals surface area (Å²) in [5.74, 6) is 1.73. The van der Waals surface area contributed by atoms with Crippen molar-refractivity contribution in [1.29, 1.82) is 0 Å². The number of rotatable bonds is 3. The van der Waals surface area contributed by atoms with E-state index in [-0.39, 0.29) is 11.3 Å². The van der Waals surface area contributed by atoms with Gasteiger partial charge in [-0.15, -0.1) is 0 Å². The molecule has 0 spiro atoms. The van der Waals surface area contributed by atoms with E-state index in [2.05, 4.69) is 15.5 Å². The number of benzene rings is 2. The standard InChI is InChI=1S/C22H19N3O3/c26-17-11-5-10-16-19(17)18(20-21(23-16)24-25-22(20)27)13-6-4-9-15(12-13)28-14-7-2-1-3-8-14/h1-4,6-9,12,18H,5,10-11H2,(H3,23,24,25,27). The number of nitrogens with one attached hydrogen (secondary N) is 3. The highest BCUT2D eigenvalue weighted by molar-refractivity contribution is 6.00. The second kappa shape index (κ2) is 6.56. The summed E-state index contributed by atoms with van der Waals surface area (Å²) in [5, 5.41) is 8.79. The molecule has 28 heavy (non-hydrogen) atoms. The fourth-order valence-electron chi connectivity index (χ4n) is 4.08. The molecule has 0 saturated heterocycles. The number of hydrogen-bond acceptors (Lipinski definition) is 4. The summed E-state index contributed by atoms with van der Waals surface area (Å²) in [6, 6.07) is 17.1. The van der Waals surface area contributed by atoms with Crippen LogP contribution in [0.5, 0.6) is 11.5 Å². The summed E-state index contributed by atoms with van der Waals surface area (Å²) in [4.78, 5) is 25.3. The Labute approximate surface area is 161 Å². The van der Waals surface area contributed by atoms with Crippen molar-refractivity contribution in [3.8, 4) is 11.5 Å². The number of H-pyrrole nitrogens is 2. The molecule has 2 aromatic carbocycles. The molecule has 2 aliphatic rings. The van der Waals surface area contributed by atoms with Gasteiger partial charge in [-0.25, -0.2) is 0 Å². The Hall–Kier alpha value is -3.54. The number of carbonyl (C=O) groups excluding carboxylic acids is 1. The molecule has 2 heterocycles. The van der Waals surface area contributed by atoms with Gasteiger partial charge in [0.25, 0.3) is 5.56 Å². The second-order valence-corrected chi connectivity index (χ2v) is 7.08. The number of hydrogen-bond donors (Lipinski definition) is 3. The molecule has 5 rings (SSSR count). The lowest BCUT2D eigenvalue weighted by Crippen LogP contribution is -2.29. The number of aromatic nitrogens is 2. The van der Waals surface area contributed by atoms with E-state index >= 15 is 0 Å². The third kappa shape index (κ3) is 2.74. The van der Waals surface area contributed by atoms with Gasteiger partial charge in [-0.1, -0.05) is 30.3 Å². The Kier molecular flexibility index (Phi) is 3.90. The second-order valence-electron chi connectivity index (χ2n) is 7.08. The van der Waals surface area contributed by atoms with Gasteiger partial charge < -0.3 is 10.1 Å². The summed E-state index contributed by atoms with van der Waals surface area (Å²) >= 11 is 0. The van der Waals surface area contributed by atoms with Gasteiger partial charge in [-0.2, -0.15) is 0 Å². The van der Waals surface area contributed by atoms with E-state index in [4.69, 9.17) is 4.74 Å². The van der Waals surface area contributed by atoms with Crippen LogP contribution in [-0.2, 0) is 4.79 Å². The first kappa shape index (κ1) is 16.6. The topological polar surface area (TPSA) is 87.0 Å². The Morgan fingerprint density at radius 1 is 0.893 bits per heavy atom. The van der Waals surface area contributed by atoms with Gasteiger partial charge in [0.15, 0.2) is 5.78 Å². The van der Waals surface area contributed by atoms with E-state index in [0.717, 1.165) is 29.9 Å². The molecule has 6 nitrogen and oxygen atoms in total. The summed E-state index contributed by atoms with van der Waals surface area (Å²) in [5.41, 5.74) is 2.79. The van der Waals surface area contributed by atoms with Crippen LogP contribution in [0.1, 0.15) is 36.3 Å². The van der Waals surface area contributed by atoms with Crippen molar-refractivity contribution in [2.24, 2.45) is 0 Å². The number of aromatic amines is 2. The minimum atomic E-state index is -0.409. The van der Waals surface area contributed by atoms with E-state index in [0.29, 0.717) is 29.1 Å². The predicted octanol–water partition coefficient (Wildman–Crippen LogP) is 4.06. The van der Waals surface area contributed by atoms with Crippen LogP contribution in [-0.4, -0.2) is 16.0 Å². The molecular weight excluding hydrogens is 354 g/mol. The van der Waals surface area contributed by atoms with E-state index in [1.807, 2.05) is 54.6 Å². The van der Waals surface area contributed by atoms with Gasteiger partial charge in [0.2, 0.25) is 0 Å². The van der Waals surface area contributed by atoms with Gasteiger partial charge in [0.05, 0.1) is 5.56 Å². The molecule has 1 atom stereocenters. The average molecular weight is 373 g/mol. The van der Waals surface area contributed by atoms with Crippen molar-refractivity contribution in [2.45, 2.75) is 25.2 Å². The van der Waals surface area contributed by atoms with Gasteiger partial charge in [0, 0.05) is 23.6 Å². The van der Waals surface area contributed by atoms with E-state index < -0.39 is 5.92 Å². The molecule has 6 heteroatoms. The Balaban J connectivity index is 1.62. The number of ketones is 1. The molecule has 0 saturated carbocycles. The lowest BCUT2D eigenvalue weighted by atomic mass is 9.77. The van der Waals surface area contributed by atoms with Crippen LogP contribution in [0.25, 0.3) is 0 Å². The minimum Gasteiger partial charge on any atom is -0.457 e. The molecule has 140 valence electrons.